The fourth-order valence-corrected chi connectivity index (χ4v) is 2.79. The van der Waals surface area contributed by atoms with E-state index in [4.69, 9.17) is 10.2 Å². The number of hydrogen-bond donors (Lipinski definition) is 2. The lowest BCUT2D eigenvalue weighted by Gasteiger charge is -2.19. The third-order valence-corrected chi connectivity index (χ3v) is 3.81. The van der Waals surface area contributed by atoms with E-state index in [1.165, 1.54) is 0 Å². The zero-order chi connectivity index (χ0) is 13.3. The average Bonchev–Trinajstić information content (AvgIpc) is 2.84. The Balaban J connectivity index is 2.01. The third kappa shape index (κ3) is 2.58. The second-order valence-corrected chi connectivity index (χ2v) is 5.30. The summed E-state index contributed by atoms with van der Waals surface area (Å²) in [6.07, 6.45) is 2.91. The molecule has 18 heavy (non-hydrogen) atoms. The lowest BCUT2D eigenvalue weighted by molar-refractivity contribution is -0.125. The molecular weight excluding hydrogens is 228 g/mol. The molecule has 4 nitrogen and oxygen atoms in total. The van der Waals surface area contributed by atoms with E-state index >= 15 is 0 Å². The van der Waals surface area contributed by atoms with E-state index in [0.29, 0.717) is 0 Å². The zero-order valence-corrected chi connectivity index (χ0v) is 11.3. The maximum Gasteiger partial charge on any atom is 0.225 e. The van der Waals surface area contributed by atoms with Crippen LogP contribution in [0, 0.1) is 19.8 Å². The molecule has 3 N–H and O–H groups in total. The monoisotopic (exact) mass is 250 g/mol. The minimum atomic E-state index is -0.0271. The van der Waals surface area contributed by atoms with E-state index in [2.05, 4.69) is 5.32 Å². The minimum Gasteiger partial charge on any atom is -0.466 e. The highest BCUT2D eigenvalue weighted by molar-refractivity contribution is 5.80. The van der Waals surface area contributed by atoms with Gasteiger partial charge in [0.15, 0.2) is 0 Å². The molecule has 1 amide bonds. The lowest BCUT2D eigenvalue weighted by Crippen LogP contribution is -2.39. The molecule has 2 rings (SSSR count). The van der Waals surface area contributed by atoms with Gasteiger partial charge in [0.25, 0.3) is 0 Å². The zero-order valence-electron chi connectivity index (χ0n) is 11.3. The molecule has 4 heteroatoms. The summed E-state index contributed by atoms with van der Waals surface area (Å²) in [6, 6.07) is 1.97. The molecule has 0 radical (unpaired) electrons. The topological polar surface area (TPSA) is 68.3 Å². The Hall–Kier alpha value is -1.29. The van der Waals surface area contributed by atoms with Crippen molar-refractivity contribution < 1.29 is 9.21 Å². The predicted molar refractivity (Wildman–Crippen MR) is 70.1 cm³/mol. The van der Waals surface area contributed by atoms with Gasteiger partial charge in [-0.2, -0.15) is 0 Å². The van der Waals surface area contributed by atoms with Gasteiger partial charge in [-0.05, 0) is 39.7 Å². The molecule has 3 unspecified atom stereocenters. The van der Waals surface area contributed by atoms with E-state index in [1.54, 1.807) is 0 Å². The van der Waals surface area contributed by atoms with Crippen LogP contribution in [0.15, 0.2) is 10.5 Å². The number of amides is 1. The van der Waals surface area contributed by atoms with Crippen LogP contribution in [-0.4, -0.2) is 11.9 Å². The molecule has 1 aliphatic carbocycles. The van der Waals surface area contributed by atoms with Crippen LogP contribution < -0.4 is 11.1 Å². The summed E-state index contributed by atoms with van der Waals surface area (Å²) in [5, 5.41) is 3.04. The maximum atomic E-state index is 12.1. The molecule has 0 aliphatic heterocycles. The van der Waals surface area contributed by atoms with E-state index in [1.807, 2.05) is 26.8 Å². The molecule has 3 atom stereocenters. The molecule has 0 bridgehead atoms. The van der Waals surface area contributed by atoms with Crippen molar-refractivity contribution in [2.45, 2.75) is 52.1 Å². The van der Waals surface area contributed by atoms with Crippen molar-refractivity contribution in [1.29, 1.82) is 0 Å². The van der Waals surface area contributed by atoms with Crippen molar-refractivity contribution in [2.24, 2.45) is 11.7 Å². The van der Waals surface area contributed by atoms with Gasteiger partial charge in [-0.25, -0.2) is 0 Å². The van der Waals surface area contributed by atoms with Gasteiger partial charge in [0.1, 0.15) is 11.5 Å². The number of nitrogens with two attached hydrogens (primary N) is 1. The van der Waals surface area contributed by atoms with Crippen LogP contribution in [-0.2, 0) is 4.79 Å². The highest BCUT2D eigenvalue weighted by atomic mass is 16.3. The largest absolute Gasteiger partial charge is 0.466 e. The van der Waals surface area contributed by atoms with Crippen LogP contribution in [0.3, 0.4) is 0 Å². The Labute approximate surface area is 108 Å². The first-order valence-electron chi connectivity index (χ1n) is 6.62. The van der Waals surface area contributed by atoms with Gasteiger partial charge in [0.2, 0.25) is 5.91 Å². The molecule has 0 aromatic carbocycles. The quantitative estimate of drug-likeness (QED) is 0.864. The Bertz CT molecular complexity index is 439. The SMILES string of the molecule is Cc1cc(C(C)NC(=O)C2CCCC2N)c(C)o1. The van der Waals surface area contributed by atoms with Gasteiger partial charge in [-0.1, -0.05) is 6.42 Å². The minimum absolute atomic E-state index is 0.0179. The fraction of sp³-hybridized carbons (Fsp3) is 0.643. The van der Waals surface area contributed by atoms with Crippen molar-refractivity contribution in [3.05, 3.63) is 23.2 Å². The van der Waals surface area contributed by atoms with E-state index in [0.717, 1.165) is 36.3 Å². The number of carbonyl (C=O) groups is 1. The van der Waals surface area contributed by atoms with Crippen molar-refractivity contribution in [3.8, 4) is 0 Å². The summed E-state index contributed by atoms with van der Waals surface area (Å²) in [5.41, 5.74) is 7.00. The van der Waals surface area contributed by atoms with Gasteiger partial charge in [0.05, 0.1) is 12.0 Å². The first-order valence-corrected chi connectivity index (χ1v) is 6.62. The molecular formula is C14H22N2O2. The summed E-state index contributed by atoms with van der Waals surface area (Å²) in [7, 11) is 0. The first-order chi connectivity index (χ1) is 8.49. The third-order valence-electron chi connectivity index (χ3n) is 3.81. The van der Waals surface area contributed by atoms with Crippen molar-refractivity contribution >= 4 is 5.91 Å². The van der Waals surface area contributed by atoms with Crippen molar-refractivity contribution in [2.75, 3.05) is 0 Å². The molecule has 1 heterocycles. The van der Waals surface area contributed by atoms with Gasteiger partial charge in [-0.15, -0.1) is 0 Å². The van der Waals surface area contributed by atoms with Crippen molar-refractivity contribution in [1.82, 2.24) is 5.32 Å². The molecule has 0 saturated heterocycles. The first kappa shape index (κ1) is 13.1. The van der Waals surface area contributed by atoms with Gasteiger partial charge >= 0.3 is 0 Å². The van der Waals surface area contributed by atoms with Gasteiger partial charge < -0.3 is 15.5 Å². The van der Waals surface area contributed by atoms with Crippen LogP contribution >= 0.6 is 0 Å². The standard InChI is InChI=1S/C14H22N2O2/c1-8-7-12(10(3)18-8)9(2)16-14(17)11-5-4-6-13(11)15/h7,9,11,13H,4-6,15H2,1-3H3,(H,16,17). The van der Waals surface area contributed by atoms with Crippen LogP contribution in [0.25, 0.3) is 0 Å². The average molecular weight is 250 g/mol. The van der Waals surface area contributed by atoms with Gasteiger partial charge in [-0.3, -0.25) is 4.79 Å². The summed E-state index contributed by atoms with van der Waals surface area (Å²) in [6.45, 7) is 5.82. The second-order valence-electron chi connectivity index (χ2n) is 5.30. The number of rotatable bonds is 3. The lowest BCUT2D eigenvalue weighted by atomic mass is 10.0. The van der Waals surface area contributed by atoms with Crippen molar-refractivity contribution in [3.63, 3.8) is 0 Å². The molecule has 1 aliphatic rings. The predicted octanol–water partition coefficient (Wildman–Crippen LogP) is 2.20. The summed E-state index contributed by atoms with van der Waals surface area (Å²) >= 11 is 0. The highest BCUT2D eigenvalue weighted by Gasteiger charge is 2.31. The Morgan fingerprint density at radius 1 is 1.50 bits per heavy atom. The Morgan fingerprint density at radius 2 is 2.22 bits per heavy atom. The number of furan rings is 1. The van der Waals surface area contributed by atoms with Crippen LogP contribution in [0.4, 0.5) is 0 Å². The van der Waals surface area contributed by atoms with E-state index in [-0.39, 0.29) is 23.9 Å². The van der Waals surface area contributed by atoms with Gasteiger partial charge in [0, 0.05) is 11.6 Å². The van der Waals surface area contributed by atoms with E-state index < -0.39 is 0 Å². The number of aryl methyl sites for hydroxylation is 2. The summed E-state index contributed by atoms with van der Waals surface area (Å²) < 4.78 is 5.49. The van der Waals surface area contributed by atoms with Crippen LogP contribution in [0.5, 0.6) is 0 Å². The molecule has 100 valence electrons. The van der Waals surface area contributed by atoms with Crippen LogP contribution in [0.1, 0.15) is 49.3 Å². The second kappa shape index (κ2) is 5.14. The highest BCUT2D eigenvalue weighted by Crippen LogP contribution is 2.26. The maximum absolute atomic E-state index is 12.1. The Morgan fingerprint density at radius 3 is 2.72 bits per heavy atom. The van der Waals surface area contributed by atoms with Crippen LogP contribution in [0.2, 0.25) is 0 Å². The molecule has 1 saturated carbocycles. The summed E-state index contributed by atoms with van der Waals surface area (Å²) in [5.74, 6) is 1.80. The number of hydrogen-bond acceptors (Lipinski definition) is 3. The Kier molecular flexibility index (Phi) is 3.76. The smallest absolute Gasteiger partial charge is 0.225 e. The molecule has 0 spiro atoms. The summed E-state index contributed by atoms with van der Waals surface area (Å²) in [4.78, 5) is 12.1. The molecule has 1 aromatic heterocycles. The van der Waals surface area contributed by atoms with E-state index in [9.17, 15) is 4.79 Å². The molecule has 1 fully saturated rings. The molecule has 1 aromatic rings. The normalized spacial score (nSPS) is 25.1. The fourth-order valence-electron chi connectivity index (χ4n) is 2.79. The number of nitrogens with one attached hydrogen (secondary N) is 1. The number of carbonyl (C=O) groups excluding carboxylic acids is 1.